The highest BCUT2D eigenvalue weighted by Crippen LogP contribution is 2.15. The highest BCUT2D eigenvalue weighted by molar-refractivity contribution is 6.30. The Bertz CT molecular complexity index is 346. The van der Waals surface area contributed by atoms with Crippen molar-refractivity contribution in [3.05, 3.63) is 34.9 Å². The fourth-order valence-corrected chi connectivity index (χ4v) is 2.14. The SMILES string of the molecule is CCCC(C)CC(=O)Cc1cccc(Cl)c1. The second kappa shape index (κ2) is 6.70. The fourth-order valence-electron chi connectivity index (χ4n) is 1.93. The van der Waals surface area contributed by atoms with Gasteiger partial charge in [0.25, 0.3) is 0 Å². The van der Waals surface area contributed by atoms with Crippen LogP contribution in [0.5, 0.6) is 0 Å². The maximum atomic E-state index is 11.8. The summed E-state index contributed by atoms with van der Waals surface area (Å²) in [6, 6.07) is 7.54. The summed E-state index contributed by atoms with van der Waals surface area (Å²) in [7, 11) is 0. The molecule has 0 N–H and O–H groups in total. The molecule has 0 fully saturated rings. The van der Waals surface area contributed by atoms with Crippen LogP contribution in [0.4, 0.5) is 0 Å². The predicted molar refractivity (Wildman–Crippen MR) is 68.9 cm³/mol. The molecule has 1 aromatic rings. The van der Waals surface area contributed by atoms with E-state index in [4.69, 9.17) is 11.6 Å². The summed E-state index contributed by atoms with van der Waals surface area (Å²) in [5.74, 6) is 0.805. The molecule has 0 aromatic heterocycles. The van der Waals surface area contributed by atoms with Crippen LogP contribution in [-0.2, 0) is 11.2 Å². The van der Waals surface area contributed by atoms with E-state index in [1.54, 1.807) is 0 Å². The van der Waals surface area contributed by atoms with Crippen molar-refractivity contribution in [3.63, 3.8) is 0 Å². The Labute approximate surface area is 103 Å². The Morgan fingerprint density at radius 3 is 2.81 bits per heavy atom. The minimum absolute atomic E-state index is 0.309. The second-order valence-corrected chi connectivity index (χ2v) is 4.88. The summed E-state index contributed by atoms with van der Waals surface area (Å²) in [5.41, 5.74) is 1.01. The van der Waals surface area contributed by atoms with Gasteiger partial charge in [0, 0.05) is 17.9 Å². The van der Waals surface area contributed by atoms with Gasteiger partial charge in [-0.1, -0.05) is 50.4 Å². The van der Waals surface area contributed by atoms with Gasteiger partial charge in [-0.25, -0.2) is 0 Å². The van der Waals surface area contributed by atoms with Crippen LogP contribution in [0, 0.1) is 5.92 Å². The van der Waals surface area contributed by atoms with Crippen LogP contribution in [0.2, 0.25) is 5.02 Å². The molecule has 0 saturated heterocycles. The fraction of sp³-hybridized carbons (Fsp3) is 0.500. The summed E-state index contributed by atoms with van der Waals surface area (Å²) >= 11 is 5.87. The number of benzene rings is 1. The first-order chi connectivity index (χ1) is 7.61. The molecule has 0 heterocycles. The minimum Gasteiger partial charge on any atom is -0.299 e. The highest BCUT2D eigenvalue weighted by Gasteiger charge is 2.09. The topological polar surface area (TPSA) is 17.1 Å². The molecule has 0 aliphatic carbocycles. The summed E-state index contributed by atoms with van der Waals surface area (Å²) in [6.45, 7) is 4.29. The van der Waals surface area contributed by atoms with Crippen LogP contribution < -0.4 is 0 Å². The van der Waals surface area contributed by atoms with Crippen molar-refractivity contribution in [3.8, 4) is 0 Å². The van der Waals surface area contributed by atoms with Gasteiger partial charge in [0.05, 0.1) is 0 Å². The van der Waals surface area contributed by atoms with Gasteiger partial charge in [-0.15, -0.1) is 0 Å². The van der Waals surface area contributed by atoms with E-state index in [0.717, 1.165) is 18.4 Å². The van der Waals surface area contributed by atoms with E-state index in [9.17, 15) is 4.79 Å². The largest absolute Gasteiger partial charge is 0.299 e. The van der Waals surface area contributed by atoms with Gasteiger partial charge in [0.1, 0.15) is 5.78 Å². The van der Waals surface area contributed by atoms with E-state index >= 15 is 0 Å². The maximum absolute atomic E-state index is 11.8. The third kappa shape index (κ3) is 4.80. The van der Waals surface area contributed by atoms with Crippen molar-refractivity contribution in [2.75, 3.05) is 0 Å². The molecule has 0 spiro atoms. The number of carbonyl (C=O) groups excluding carboxylic acids is 1. The number of halogens is 1. The average Bonchev–Trinajstić information content (AvgIpc) is 2.17. The Balaban J connectivity index is 2.45. The molecule has 1 aromatic carbocycles. The minimum atomic E-state index is 0.309. The van der Waals surface area contributed by atoms with E-state index in [2.05, 4.69) is 13.8 Å². The number of hydrogen-bond donors (Lipinski definition) is 0. The van der Waals surface area contributed by atoms with Crippen molar-refractivity contribution < 1.29 is 4.79 Å². The second-order valence-electron chi connectivity index (χ2n) is 4.44. The van der Waals surface area contributed by atoms with Gasteiger partial charge in [-0.3, -0.25) is 4.79 Å². The third-order valence-corrected chi connectivity index (χ3v) is 2.88. The normalized spacial score (nSPS) is 12.4. The van der Waals surface area contributed by atoms with Crippen molar-refractivity contribution in [1.82, 2.24) is 0 Å². The molecule has 1 unspecified atom stereocenters. The first-order valence-corrected chi connectivity index (χ1v) is 6.25. The molecule has 16 heavy (non-hydrogen) atoms. The van der Waals surface area contributed by atoms with Crippen LogP contribution in [-0.4, -0.2) is 5.78 Å². The van der Waals surface area contributed by atoms with E-state index in [0.29, 0.717) is 29.6 Å². The lowest BCUT2D eigenvalue weighted by Crippen LogP contribution is -2.08. The van der Waals surface area contributed by atoms with E-state index in [-0.39, 0.29) is 0 Å². The van der Waals surface area contributed by atoms with Gasteiger partial charge in [0.2, 0.25) is 0 Å². The van der Waals surface area contributed by atoms with E-state index in [1.807, 2.05) is 24.3 Å². The smallest absolute Gasteiger partial charge is 0.137 e. The Kier molecular flexibility index (Phi) is 5.54. The van der Waals surface area contributed by atoms with Crippen molar-refractivity contribution in [2.24, 2.45) is 5.92 Å². The molecule has 0 radical (unpaired) electrons. The molecule has 88 valence electrons. The zero-order chi connectivity index (χ0) is 12.0. The highest BCUT2D eigenvalue weighted by atomic mass is 35.5. The van der Waals surface area contributed by atoms with Crippen LogP contribution in [0.1, 0.15) is 38.7 Å². The van der Waals surface area contributed by atoms with Crippen LogP contribution in [0.3, 0.4) is 0 Å². The molecule has 0 aliphatic heterocycles. The number of ketones is 1. The van der Waals surface area contributed by atoms with Crippen LogP contribution in [0.15, 0.2) is 24.3 Å². The number of rotatable bonds is 6. The quantitative estimate of drug-likeness (QED) is 0.723. The third-order valence-electron chi connectivity index (χ3n) is 2.65. The molecule has 1 nitrogen and oxygen atoms in total. The predicted octanol–water partition coefficient (Wildman–Crippen LogP) is 4.28. The molecule has 0 aliphatic rings. The molecule has 0 amide bonds. The summed E-state index contributed by atoms with van der Waals surface area (Å²) in [4.78, 5) is 11.8. The van der Waals surface area contributed by atoms with Gasteiger partial charge in [0.15, 0.2) is 0 Å². The Morgan fingerprint density at radius 1 is 1.44 bits per heavy atom. The standard InChI is InChI=1S/C14H19ClO/c1-3-5-11(2)8-14(16)10-12-6-4-7-13(15)9-12/h4,6-7,9,11H,3,5,8,10H2,1-2H3. The zero-order valence-corrected chi connectivity index (χ0v) is 10.8. The van der Waals surface area contributed by atoms with E-state index < -0.39 is 0 Å². The number of carbonyl (C=O) groups is 1. The summed E-state index contributed by atoms with van der Waals surface area (Å²) < 4.78 is 0. The number of Topliss-reactive ketones (excluding diaryl/α,β-unsaturated/α-hetero) is 1. The molecule has 2 heteroatoms. The van der Waals surface area contributed by atoms with Gasteiger partial charge in [-0.05, 0) is 23.6 Å². The lowest BCUT2D eigenvalue weighted by molar-refractivity contribution is -0.119. The van der Waals surface area contributed by atoms with Gasteiger partial charge >= 0.3 is 0 Å². The number of hydrogen-bond acceptors (Lipinski definition) is 1. The lowest BCUT2D eigenvalue weighted by Gasteiger charge is -2.08. The van der Waals surface area contributed by atoms with Gasteiger partial charge in [-0.2, -0.15) is 0 Å². The molecule has 1 rings (SSSR count). The van der Waals surface area contributed by atoms with Crippen LogP contribution >= 0.6 is 11.6 Å². The first kappa shape index (κ1) is 13.2. The molecule has 0 bridgehead atoms. The molecule has 0 saturated carbocycles. The van der Waals surface area contributed by atoms with Gasteiger partial charge < -0.3 is 0 Å². The van der Waals surface area contributed by atoms with E-state index in [1.165, 1.54) is 0 Å². The Hall–Kier alpha value is -0.820. The molecular weight excluding hydrogens is 220 g/mol. The van der Waals surface area contributed by atoms with Crippen molar-refractivity contribution in [1.29, 1.82) is 0 Å². The zero-order valence-electron chi connectivity index (χ0n) is 10.0. The first-order valence-electron chi connectivity index (χ1n) is 5.88. The molecular formula is C14H19ClO. The van der Waals surface area contributed by atoms with Crippen molar-refractivity contribution in [2.45, 2.75) is 39.5 Å². The monoisotopic (exact) mass is 238 g/mol. The average molecular weight is 239 g/mol. The summed E-state index contributed by atoms with van der Waals surface area (Å²) in [5, 5.41) is 0.701. The summed E-state index contributed by atoms with van der Waals surface area (Å²) in [6.07, 6.45) is 3.46. The molecule has 1 atom stereocenters. The van der Waals surface area contributed by atoms with Crippen LogP contribution in [0.25, 0.3) is 0 Å². The lowest BCUT2D eigenvalue weighted by atomic mass is 9.96. The van der Waals surface area contributed by atoms with Crippen molar-refractivity contribution >= 4 is 17.4 Å². The maximum Gasteiger partial charge on any atom is 0.137 e. The Morgan fingerprint density at radius 2 is 2.19 bits per heavy atom.